The van der Waals surface area contributed by atoms with Gasteiger partial charge in [-0.25, -0.2) is 4.79 Å². The minimum Gasteiger partial charge on any atom is -0.478 e. The average Bonchev–Trinajstić information content (AvgIpc) is 3.10. The van der Waals surface area contributed by atoms with E-state index in [0.717, 1.165) is 24.9 Å². The number of carbonyl (C=O) groups excluding carboxylic acids is 1. The Bertz CT molecular complexity index is 736. The van der Waals surface area contributed by atoms with Crippen molar-refractivity contribution in [2.45, 2.75) is 32.2 Å². The molecule has 0 radical (unpaired) electrons. The predicted octanol–water partition coefficient (Wildman–Crippen LogP) is 2.62. The number of likely N-dealkylation sites (tertiary alicyclic amines) is 1. The molecule has 1 aliphatic rings. The summed E-state index contributed by atoms with van der Waals surface area (Å²) in [6, 6.07) is 8.74. The number of benzene rings is 1. The van der Waals surface area contributed by atoms with Crippen LogP contribution in [0.15, 0.2) is 36.5 Å². The third kappa shape index (κ3) is 3.18. The molecule has 2 heterocycles. The van der Waals surface area contributed by atoms with Gasteiger partial charge in [0.1, 0.15) is 5.69 Å². The first kappa shape index (κ1) is 16.2. The van der Waals surface area contributed by atoms with Crippen molar-refractivity contribution in [2.24, 2.45) is 0 Å². The van der Waals surface area contributed by atoms with Crippen molar-refractivity contribution in [1.29, 1.82) is 0 Å². The van der Waals surface area contributed by atoms with Crippen LogP contribution in [0.4, 0.5) is 0 Å². The molecule has 0 aliphatic carbocycles. The van der Waals surface area contributed by atoms with Gasteiger partial charge in [-0.05, 0) is 43.5 Å². The molecule has 1 fully saturated rings. The molecule has 6 nitrogen and oxygen atoms in total. The third-order valence-electron chi connectivity index (χ3n) is 4.57. The van der Waals surface area contributed by atoms with E-state index < -0.39 is 5.97 Å². The normalized spacial score (nSPS) is 17.7. The zero-order valence-corrected chi connectivity index (χ0v) is 13.7. The molecule has 6 heteroatoms. The predicted molar refractivity (Wildman–Crippen MR) is 89.2 cm³/mol. The summed E-state index contributed by atoms with van der Waals surface area (Å²) in [6.07, 6.45) is 3.60. The van der Waals surface area contributed by atoms with Gasteiger partial charge in [-0.3, -0.25) is 9.48 Å². The fraction of sp³-hybridized carbons (Fsp3) is 0.389. The van der Waals surface area contributed by atoms with Gasteiger partial charge in [0.15, 0.2) is 0 Å². The van der Waals surface area contributed by atoms with Gasteiger partial charge in [-0.2, -0.15) is 5.10 Å². The highest BCUT2D eigenvalue weighted by atomic mass is 16.4. The Morgan fingerprint density at radius 3 is 2.67 bits per heavy atom. The molecular weight excluding hydrogens is 306 g/mol. The van der Waals surface area contributed by atoms with Crippen LogP contribution in [0.3, 0.4) is 0 Å². The Morgan fingerprint density at radius 1 is 1.25 bits per heavy atom. The summed E-state index contributed by atoms with van der Waals surface area (Å²) >= 11 is 0. The highest BCUT2D eigenvalue weighted by Gasteiger charge is 2.27. The molecule has 1 aliphatic heterocycles. The Hall–Kier alpha value is -2.63. The summed E-state index contributed by atoms with van der Waals surface area (Å²) in [5.74, 6) is -0.667. The molecule has 126 valence electrons. The molecule has 1 amide bonds. The van der Waals surface area contributed by atoms with Crippen molar-refractivity contribution in [3.05, 3.63) is 53.3 Å². The molecule has 1 unspecified atom stereocenters. The molecular formula is C18H21N3O3. The van der Waals surface area contributed by atoms with Gasteiger partial charge < -0.3 is 10.0 Å². The lowest BCUT2D eigenvalue weighted by Crippen LogP contribution is -2.40. The van der Waals surface area contributed by atoms with E-state index in [1.807, 2.05) is 24.0 Å². The number of aromatic nitrogens is 2. The number of carboxylic acids is 1. The highest BCUT2D eigenvalue weighted by molar-refractivity contribution is 5.92. The van der Waals surface area contributed by atoms with Crippen LogP contribution in [0.5, 0.6) is 0 Å². The van der Waals surface area contributed by atoms with Crippen LogP contribution in [0.2, 0.25) is 0 Å². The Morgan fingerprint density at radius 2 is 2.00 bits per heavy atom. The van der Waals surface area contributed by atoms with E-state index in [1.54, 1.807) is 29.1 Å². The van der Waals surface area contributed by atoms with Gasteiger partial charge in [-0.1, -0.05) is 12.1 Å². The van der Waals surface area contributed by atoms with E-state index in [4.69, 9.17) is 5.11 Å². The van der Waals surface area contributed by atoms with E-state index in [2.05, 4.69) is 5.10 Å². The Kier molecular flexibility index (Phi) is 4.64. The molecule has 2 aromatic rings. The fourth-order valence-corrected chi connectivity index (χ4v) is 3.26. The molecule has 1 N–H and O–H groups in total. The summed E-state index contributed by atoms with van der Waals surface area (Å²) in [5.41, 5.74) is 2.00. The SMILES string of the molecule is CCn1nccc1C(=O)N1CCCC(c2ccc(C(=O)O)cc2)C1. The number of amides is 1. The van der Waals surface area contributed by atoms with Crippen molar-refractivity contribution in [3.63, 3.8) is 0 Å². The fourth-order valence-electron chi connectivity index (χ4n) is 3.26. The van der Waals surface area contributed by atoms with Crippen molar-refractivity contribution in [3.8, 4) is 0 Å². The number of aromatic carboxylic acids is 1. The van der Waals surface area contributed by atoms with Crippen LogP contribution in [0.25, 0.3) is 0 Å². The highest BCUT2D eigenvalue weighted by Crippen LogP contribution is 2.28. The van der Waals surface area contributed by atoms with Gasteiger partial charge in [0.2, 0.25) is 0 Å². The minimum atomic E-state index is -0.921. The summed E-state index contributed by atoms with van der Waals surface area (Å²) in [7, 11) is 0. The standard InChI is InChI=1S/C18H21N3O3/c1-2-21-16(9-10-19-21)17(22)20-11-3-4-15(12-20)13-5-7-14(8-6-13)18(23)24/h5-10,15H,2-4,11-12H2,1H3,(H,23,24). The van der Waals surface area contributed by atoms with Crippen LogP contribution < -0.4 is 0 Å². The summed E-state index contributed by atoms with van der Waals surface area (Å²) in [5, 5.41) is 13.2. The van der Waals surface area contributed by atoms with Crippen LogP contribution in [0, 0.1) is 0 Å². The number of hydrogen-bond acceptors (Lipinski definition) is 3. The van der Waals surface area contributed by atoms with Crippen molar-refractivity contribution >= 4 is 11.9 Å². The first-order valence-corrected chi connectivity index (χ1v) is 8.24. The lowest BCUT2D eigenvalue weighted by molar-refractivity contribution is 0.0689. The monoisotopic (exact) mass is 327 g/mol. The first-order chi connectivity index (χ1) is 11.6. The zero-order chi connectivity index (χ0) is 17.1. The number of piperidine rings is 1. The minimum absolute atomic E-state index is 0.0150. The van der Waals surface area contributed by atoms with Crippen molar-refractivity contribution < 1.29 is 14.7 Å². The van der Waals surface area contributed by atoms with E-state index in [1.165, 1.54) is 0 Å². The van der Waals surface area contributed by atoms with E-state index in [0.29, 0.717) is 18.8 Å². The van der Waals surface area contributed by atoms with Crippen LogP contribution in [0.1, 0.15) is 52.1 Å². The maximum absolute atomic E-state index is 12.7. The number of carbonyl (C=O) groups is 2. The Balaban J connectivity index is 1.74. The maximum Gasteiger partial charge on any atom is 0.335 e. The zero-order valence-electron chi connectivity index (χ0n) is 13.7. The van der Waals surface area contributed by atoms with Crippen LogP contribution in [-0.4, -0.2) is 44.8 Å². The van der Waals surface area contributed by atoms with Crippen molar-refractivity contribution in [2.75, 3.05) is 13.1 Å². The average molecular weight is 327 g/mol. The van der Waals surface area contributed by atoms with Gasteiger partial charge in [0.05, 0.1) is 5.56 Å². The number of hydrogen-bond donors (Lipinski definition) is 1. The molecule has 1 aromatic carbocycles. The van der Waals surface area contributed by atoms with E-state index in [-0.39, 0.29) is 17.4 Å². The van der Waals surface area contributed by atoms with E-state index in [9.17, 15) is 9.59 Å². The quantitative estimate of drug-likeness (QED) is 0.936. The molecule has 3 rings (SSSR count). The largest absolute Gasteiger partial charge is 0.478 e. The van der Waals surface area contributed by atoms with Crippen LogP contribution >= 0.6 is 0 Å². The molecule has 1 aromatic heterocycles. The molecule has 24 heavy (non-hydrogen) atoms. The molecule has 0 bridgehead atoms. The van der Waals surface area contributed by atoms with E-state index >= 15 is 0 Å². The second-order valence-corrected chi connectivity index (χ2v) is 6.05. The number of rotatable bonds is 4. The number of aryl methyl sites for hydroxylation is 1. The Labute approximate surface area is 140 Å². The summed E-state index contributed by atoms with van der Waals surface area (Å²) < 4.78 is 1.72. The van der Waals surface area contributed by atoms with Gasteiger partial charge in [0, 0.05) is 31.7 Å². The lowest BCUT2D eigenvalue weighted by Gasteiger charge is -2.33. The first-order valence-electron chi connectivity index (χ1n) is 8.24. The second kappa shape index (κ2) is 6.86. The summed E-state index contributed by atoms with van der Waals surface area (Å²) in [4.78, 5) is 25.6. The molecule has 0 spiro atoms. The lowest BCUT2D eigenvalue weighted by atomic mass is 9.90. The van der Waals surface area contributed by atoms with Gasteiger partial charge in [0.25, 0.3) is 5.91 Å². The smallest absolute Gasteiger partial charge is 0.335 e. The molecule has 0 saturated carbocycles. The van der Waals surface area contributed by atoms with Gasteiger partial charge >= 0.3 is 5.97 Å². The second-order valence-electron chi connectivity index (χ2n) is 6.05. The number of carboxylic acid groups (broad SMARTS) is 1. The number of nitrogens with zero attached hydrogens (tertiary/aromatic N) is 3. The van der Waals surface area contributed by atoms with Gasteiger partial charge in [-0.15, -0.1) is 0 Å². The van der Waals surface area contributed by atoms with Crippen molar-refractivity contribution in [1.82, 2.24) is 14.7 Å². The maximum atomic E-state index is 12.7. The van der Waals surface area contributed by atoms with Crippen LogP contribution in [-0.2, 0) is 6.54 Å². The third-order valence-corrected chi connectivity index (χ3v) is 4.57. The summed E-state index contributed by atoms with van der Waals surface area (Å²) in [6.45, 7) is 4.03. The molecule has 1 saturated heterocycles. The topological polar surface area (TPSA) is 75.4 Å². The molecule has 1 atom stereocenters.